The van der Waals surface area contributed by atoms with E-state index >= 15 is 0 Å². The van der Waals surface area contributed by atoms with Crippen LogP contribution in [-0.4, -0.2) is 64.3 Å². The van der Waals surface area contributed by atoms with Crippen molar-refractivity contribution in [2.24, 2.45) is 5.92 Å². The molecule has 3 aromatic carbocycles. The van der Waals surface area contributed by atoms with E-state index in [1.807, 2.05) is 42.5 Å². The summed E-state index contributed by atoms with van der Waals surface area (Å²) in [6.07, 6.45) is -0.690. The summed E-state index contributed by atoms with van der Waals surface area (Å²) < 4.78 is 10.6. The lowest BCUT2D eigenvalue weighted by molar-refractivity contribution is -0.156. The Balaban J connectivity index is 1.42. The van der Waals surface area contributed by atoms with Crippen molar-refractivity contribution in [1.82, 2.24) is 15.5 Å². The van der Waals surface area contributed by atoms with E-state index < -0.39 is 47.8 Å². The first kappa shape index (κ1) is 33.3. The van der Waals surface area contributed by atoms with E-state index in [2.05, 4.69) is 10.6 Å². The number of ketones is 1. The first-order chi connectivity index (χ1) is 21.7. The van der Waals surface area contributed by atoms with Gasteiger partial charge in [-0.05, 0) is 22.6 Å². The van der Waals surface area contributed by atoms with Gasteiger partial charge in [-0.1, -0.05) is 105 Å². The lowest BCUT2D eigenvalue weighted by atomic mass is 10.0. The number of hydrogen-bond donors (Lipinski definition) is 2. The molecule has 4 rings (SSSR count). The quantitative estimate of drug-likeness (QED) is 0.215. The van der Waals surface area contributed by atoms with Crippen molar-refractivity contribution in [1.29, 1.82) is 0 Å². The van der Waals surface area contributed by atoms with Gasteiger partial charge in [-0.25, -0.2) is 9.59 Å². The second-order valence-corrected chi connectivity index (χ2v) is 11.9. The second-order valence-electron chi connectivity index (χ2n) is 10.9. The van der Waals surface area contributed by atoms with Crippen LogP contribution in [0.1, 0.15) is 30.5 Å². The van der Waals surface area contributed by atoms with Gasteiger partial charge in [0, 0.05) is 12.2 Å². The number of rotatable bonds is 13. The normalized spacial score (nSPS) is 15.5. The van der Waals surface area contributed by atoms with Gasteiger partial charge in [0.1, 0.15) is 31.3 Å². The minimum atomic E-state index is -1.21. The molecule has 1 aliphatic heterocycles. The molecule has 2 N–H and O–H groups in total. The van der Waals surface area contributed by atoms with Crippen LogP contribution in [0.5, 0.6) is 0 Å². The molecule has 10 nitrogen and oxygen atoms in total. The third-order valence-corrected chi connectivity index (χ3v) is 8.23. The van der Waals surface area contributed by atoms with Crippen LogP contribution in [0.4, 0.5) is 4.79 Å². The molecule has 3 atom stereocenters. The Labute approximate surface area is 266 Å². The number of benzene rings is 3. The Morgan fingerprint density at radius 3 is 1.87 bits per heavy atom. The van der Waals surface area contributed by atoms with Crippen LogP contribution in [0.2, 0.25) is 0 Å². The van der Waals surface area contributed by atoms with E-state index in [1.165, 1.54) is 16.7 Å². The number of esters is 1. The standard InChI is InChI=1S/C34H37N3O7S/c1-23(2)29(36-34(42)44-20-26-16-10-5-11-17-26)32(40)37-22-45-21-28(37)31(39)35-27(18-24-12-6-3-7-13-24)30(38)33(41)43-19-25-14-8-4-9-15-25/h3-17,23,27-29H,18-22H2,1-2H3,(H,35,39)(H,36,42)/t27-,28-,29-/m0/s1. The topological polar surface area (TPSA) is 131 Å². The Morgan fingerprint density at radius 2 is 1.31 bits per heavy atom. The van der Waals surface area contributed by atoms with Crippen molar-refractivity contribution in [2.45, 2.75) is 51.6 Å². The van der Waals surface area contributed by atoms with Gasteiger partial charge in [0.05, 0.1) is 5.88 Å². The van der Waals surface area contributed by atoms with E-state index in [-0.39, 0.29) is 37.2 Å². The number of carbonyl (C=O) groups excluding carboxylic acids is 5. The summed E-state index contributed by atoms with van der Waals surface area (Å²) in [5, 5.41) is 5.36. The number of Topliss-reactive ketones (excluding diaryl/α,β-unsaturated/α-hetero) is 1. The predicted molar refractivity (Wildman–Crippen MR) is 170 cm³/mol. The first-order valence-corrected chi connectivity index (χ1v) is 15.8. The van der Waals surface area contributed by atoms with Crippen LogP contribution < -0.4 is 10.6 Å². The monoisotopic (exact) mass is 631 g/mol. The molecule has 1 heterocycles. The minimum Gasteiger partial charge on any atom is -0.455 e. The summed E-state index contributed by atoms with van der Waals surface area (Å²) in [5.74, 6) is -2.78. The van der Waals surface area contributed by atoms with Gasteiger partial charge in [-0.2, -0.15) is 0 Å². The number of ether oxygens (including phenoxy) is 2. The molecule has 45 heavy (non-hydrogen) atoms. The van der Waals surface area contributed by atoms with Gasteiger partial charge in [0.2, 0.25) is 11.8 Å². The number of amides is 3. The summed E-state index contributed by atoms with van der Waals surface area (Å²) in [6, 6.07) is 24.0. The van der Waals surface area contributed by atoms with E-state index in [0.717, 1.165) is 16.7 Å². The molecule has 0 spiro atoms. The van der Waals surface area contributed by atoms with Crippen molar-refractivity contribution in [3.05, 3.63) is 108 Å². The molecule has 236 valence electrons. The molecular formula is C34H37N3O7S. The Bertz CT molecular complexity index is 1450. The summed E-state index contributed by atoms with van der Waals surface area (Å²) in [4.78, 5) is 67.3. The number of nitrogens with one attached hydrogen (secondary N) is 2. The van der Waals surface area contributed by atoms with Crippen LogP contribution in [-0.2, 0) is 48.3 Å². The molecule has 0 aliphatic carbocycles. The molecule has 1 aliphatic rings. The van der Waals surface area contributed by atoms with Crippen LogP contribution >= 0.6 is 11.8 Å². The zero-order valence-corrected chi connectivity index (χ0v) is 26.0. The fraction of sp³-hybridized carbons (Fsp3) is 0.324. The lowest BCUT2D eigenvalue weighted by Crippen LogP contribution is -2.57. The Morgan fingerprint density at radius 1 is 0.778 bits per heavy atom. The Hall–Kier alpha value is -4.64. The van der Waals surface area contributed by atoms with E-state index in [1.54, 1.807) is 62.4 Å². The summed E-state index contributed by atoms with van der Waals surface area (Å²) >= 11 is 1.38. The highest BCUT2D eigenvalue weighted by Crippen LogP contribution is 2.24. The molecule has 0 aromatic heterocycles. The number of nitrogens with zero attached hydrogens (tertiary/aromatic N) is 1. The molecule has 11 heteroatoms. The number of alkyl carbamates (subject to hydrolysis) is 1. The molecule has 0 radical (unpaired) electrons. The van der Waals surface area contributed by atoms with Crippen molar-refractivity contribution in [3.8, 4) is 0 Å². The highest BCUT2D eigenvalue weighted by atomic mass is 32.2. The van der Waals surface area contributed by atoms with E-state index in [9.17, 15) is 24.0 Å². The Kier molecular flexibility index (Phi) is 12.1. The van der Waals surface area contributed by atoms with Gasteiger partial charge in [0.15, 0.2) is 0 Å². The smallest absolute Gasteiger partial charge is 0.408 e. The molecule has 1 saturated heterocycles. The fourth-order valence-corrected chi connectivity index (χ4v) is 5.89. The zero-order valence-electron chi connectivity index (χ0n) is 25.2. The van der Waals surface area contributed by atoms with Crippen LogP contribution in [0.15, 0.2) is 91.0 Å². The number of thioether (sulfide) groups is 1. The lowest BCUT2D eigenvalue weighted by Gasteiger charge is -2.30. The van der Waals surface area contributed by atoms with Gasteiger partial charge in [0.25, 0.3) is 5.78 Å². The third-order valence-electron chi connectivity index (χ3n) is 7.22. The number of carbonyl (C=O) groups is 5. The van der Waals surface area contributed by atoms with E-state index in [0.29, 0.717) is 0 Å². The SMILES string of the molecule is CC(C)[C@H](NC(=O)OCc1ccccc1)C(=O)N1CSC[C@H]1C(=O)N[C@@H](Cc1ccccc1)C(=O)C(=O)OCc1ccccc1. The zero-order chi connectivity index (χ0) is 32.2. The predicted octanol–water partition coefficient (Wildman–Crippen LogP) is 3.88. The van der Waals surface area contributed by atoms with Crippen molar-refractivity contribution in [3.63, 3.8) is 0 Å². The molecule has 3 amide bonds. The van der Waals surface area contributed by atoms with Crippen molar-refractivity contribution >= 4 is 41.4 Å². The van der Waals surface area contributed by atoms with Crippen LogP contribution in [0.25, 0.3) is 0 Å². The highest BCUT2D eigenvalue weighted by Gasteiger charge is 2.41. The van der Waals surface area contributed by atoms with Gasteiger partial charge in [-0.15, -0.1) is 11.8 Å². The first-order valence-electron chi connectivity index (χ1n) is 14.7. The molecule has 1 fully saturated rings. The van der Waals surface area contributed by atoms with E-state index in [4.69, 9.17) is 9.47 Å². The third kappa shape index (κ3) is 9.67. The number of hydrogen-bond acceptors (Lipinski definition) is 8. The molecule has 0 unspecified atom stereocenters. The van der Waals surface area contributed by atoms with Gasteiger partial charge < -0.3 is 25.0 Å². The van der Waals surface area contributed by atoms with Crippen molar-refractivity contribution in [2.75, 3.05) is 11.6 Å². The molecule has 0 saturated carbocycles. The van der Waals surface area contributed by atoms with Gasteiger partial charge >= 0.3 is 12.1 Å². The summed E-state index contributed by atoms with van der Waals surface area (Å²) in [6.45, 7) is 3.53. The summed E-state index contributed by atoms with van der Waals surface area (Å²) in [5.41, 5.74) is 2.26. The maximum Gasteiger partial charge on any atom is 0.408 e. The maximum atomic E-state index is 13.7. The molecular weight excluding hydrogens is 594 g/mol. The summed E-state index contributed by atoms with van der Waals surface area (Å²) in [7, 11) is 0. The average Bonchev–Trinajstić information content (AvgIpc) is 3.56. The van der Waals surface area contributed by atoms with Crippen LogP contribution in [0.3, 0.4) is 0 Å². The fourth-order valence-electron chi connectivity index (χ4n) is 4.72. The van der Waals surface area contributed by atoms with Crippen molar-refractivity contribution < 1.29 is 33.4 Å². The van der Waals surface area contributed by atoms with Crippen LogP contribution in [0, 0.1) is 5.92 Å². The molecule has 3 aromatic rings. The molecule has 0 bridgehead atoms. The average molecular weight is 632 g/mol. The largest absolute Gasteiger partial charge is 0.455 e. The maximum absolute atomic E-state index is 13.7. The van der Waals surface area contributed by atoms with Gasteiger partial charge in [-0.3, -0.25) is 14.4 Å². The second kappa shape index (κ2) is 16.4. The highest BCUT2D eigenvalue weighted by molar-refractivity contribution is 7.99. The minimum absolute atomic E-state index is 0.0426.